The van der Waals surface area contributed by atoms with E-state index in [0.717, 1.165) is 22.5 Å². The van der Waals surface area contributed by atoms with Gasteiger partial charge in [-0.1, -0.05) is 24.3 Å². The fourth-order valence-electron chi connectivity index (χ4n) is 1.91. The van der Waals surface area contributed by atoms with Gasteiger partial charge >= 0.3 is 7.12 Å². The lowest BCUT2D eigenvalue weighted by Crippen LogP contribution is -2.27. The summed E-state index contributed by atoms with van der Waals surface area (Å²) in [5, 5.41) is 7.64. The topological polar surface area (TPSA) is 41.4 Å². The van der Waals surface area contributed by atoms with Gasteiger partial charge in [0.1, 0.15) is 11.5 Å². The molecular weight excluding hydrogens is 215 g/mol. The standard InChI is InChI=1S/C13H11BO3/c15-14-13-7-6-12(8-10(13)9-16-14)17-11-4-2-1-3-5-11/h1-8,15H,9H2/p+1. The van der Waals surface area contributed by atoms with E-state index >= 15 is 0 Å². The minimum atomic E-state index is -0.546. The Bertz CT molecular complexity index is 527. The van der Waals surface area contributed by atoms with Crippen molar-refractivity contribution in [2.75, 3.05) is 0 Å². The smallest absolute Gasteiger partial charge is 0.522 e. The van der Waals surface area contributed by atoms with E-state index in [2.05, 4.69) is 0 Å². The quantitative estimate of drug-likeness (QED) is 0.575. The molecular formula is C13H12BO3+. The Morgan fingerprint density at radius 2 is 1.88 bits per heavy atom. The van der Waals surface area contributed by atoms with Gasteiger partial charge in [-0.15, -0.1) is 0 Å². The number of benzene rings is 2. The molecule has 1 aliphatic rings. The van der Waals surface area contributed by atoms with Gasteiger partial charge < -0.3 is 14.4 Å². The fraction of sp³-hybridized carbons (Fsp3) is 0.0769. The normalized spacial score (nSPS) is 13.6. The first-order valence-corrected chi connectivity index (χ1v) is 5.51. The third-order valence-electron chi connectivity index (χ3n) is 2.78. The predicted molar refractivity (Wildman–Crippen MR) is 66.7 cm³/mol. The minimum absolute atomic E-state index is 0.496. The lowest BCUT2D eigenvalue weighted by molar-refractivity contribution is 0.275. The van der Waals surface area contributed by atoms with Crippen molar-refractivity contribution in [2.24, 2.45) is 0 Å². The van der Waals surface area contributed by atoms with E-state index < -0.39 is 7.12 Å². The molecule has 2 N–H and O–H groups in total. The second kappa shape index (κ2) is 4.24. The fourth-order valence-corrected chi connectivity index (χ4v) is 1.91. The van der Waals surface area contributed by atoms with Gasteiger partial charge in [0.2, 0.25) is 0 Å². The van der Waals surface area contributed by atoms with E-state index in [4.69, 9.17) is 14.4 Å². The van der Waals surface area contributed by atoms with Gasteiger partial charge in [-0.25, -0.2) is 0 Å². The zero-order valence-corrected chi connectivity index (χ0v) is 9.22. The van der Waals surface area contributed by atoms with E-state index in [-0.39, 0.29) is 0 Å². The highest BCUT2D eigenvalue weighted by atomic mass is 16.5. The molecule has 2 aromatic rings. The average Bonchev–Trinajstić information content (AvgIpc) is 2.72. The van der Waals surface area contributed by atoms with Crippen LogP contribution in [0.5, 0.6) is 11.5 Å². The molecule has 0 radical (unpaired) electrons. The molecule has 0 aromatic heterocycles. The lowest BCUT2D eigenvalue weighted by Gasteiger charge is -2.06. The second-order valence-electron chi connectivity index (χ2n) is 3.97. The maximum Gasteiger partial charge on any atom is 0.731 e. The van der Waals surface area contributed by atoms with E-state index in [1.807, 2.05) is 48.5 Å². The van der Waals surface area contributed by atoms with Crippen LogP contribution < -0.4 is 10.2 Å². The number of hydrogen-bond acceptors (Lipinski definition) is 2. The molecule has 0 bridgehead atoms. The summed E-state index contributed by atoms with van der Waals surface area (Å²) in [7, 11) is -0.546. The summed E-state index contributed by atoms with van der Waals surface area (Å²) >= 11 is 0. The molecule has 0 aliphatic carbocycles. The van der Waals surface area contributed by atoms with Crippen LogP contribution in [0.25, 0.3) is 0 Å². The van der Waals surface area contributed by atoms with Crippen molar-refractivity contribution in [3.05, 3.63) is 54.1 Å². The molecule has 3 nitrogen and oxygen atoms in total. The molecule has 17 heavy (non-hydrogen) atoms. The third kappa shape index (κ3) is 2.05. The molecule has 0 saturated carbocycles. The Balaban J connectivity index is 1.86. The van der Waals surface area contributed by atoms with E-state index in [1.54, 1.807) is 0 Å². The largest absolute Gasteiger partial charge is 0.731 e. The van der Waals surface area contributed by atoms with Gasteiger partial charge in [-0.3, -0.25) is 0 Å². The Kier molecular flexibility index (Phi) is 2.59. The van der Waals surface area contributed by atoms with Crippen LogP contribution in [0, 0.1) is 0 Å². The predicted octanol–water partition coefficient (Wildman–Crippen LogP) is 1.43. The molecule has 3 rings (SSSR count). The number of fused-ring (bicyclic) bond motifs is 1. The van der Waals surface area contributed by atoms with Gasteiger partial charge in [-0.2, -0.15) is 0 Å². The van der Waals surface area contributed by atoms with Gasteiger partial charge in [0.15, 0.2) is 0 Å². The molecule has 0 saturated heterocycles. The van der Waals surface area contributed by atoms with Crippen LogP contribution in [0.1, 0.15) is 5.56 Å². The maximum atomic E-state index is 7.64. The summed E-state index contributed by atoms with van der Waals surface area (Å²) in [6.07, 6.45) is 0. The number of rotatable bonds is 2. The number of para-hydroxylation sites is 1. The molecule has 4 heteroatoms. The van der Waals surface area contributed by atoms with Crippen LogP contribution in [-0.2, 0) is 11.3 Å². The highest BCUT2D eigenvalue weighted by Gasteiger charge is 2.36. The SMILES string of the molecule is [OH2+]B1OCc2cc(Oc3ccccc3)ccc21. The second-order valence-corrected chi connectivity index (χ2v) is 3.97. The van der Waals surface area contributed by atoms with Crippen molar-refractivity contribution in [3.63, 3.8) is 0 Å². The van der Waals surface area contributed by atoms with Crippen LogP contribution in [0.2, 0.25) is 0 Å². The highest BCUT2D eigenvalue weighted by Crippen LogP contribution is 2.23. The molecule has 84 valence electrons. The summed E-state index contributed by atoms with van der Waals surface area (Å²) in [5.41, 5.74) is 1.98. The van der Waals surface area contributed by atoms with Gasteiger partial charge in [0.25, 0.3) is 0 Å². The molecule has 0 atom stereocenters. The summed E-state index contributed by atoms with van der Waals surface area (Å²) < 4.78 is 11.0. The maximum absolute atomic E-state index is 7.64. The first-order chi connectivity index (χ1) is 8.33. The summed E-state index contributed by atoms with van der Waals surface area (Å²) in [5.74, 6) is 1.60. The molecule has 0 unspecified atom stereocenters. The first kappa shape index (κ1) is 10.4. The van der Waals surface area contributed by atoms with Gasteiger partial charge in [-0.05, 0) is 29.8 Å². The minimum Gasteiger partial charge on any atom is -0.522 e. The zero-order valence-electron chi connectivity index (χ0n) is 9.22. The zero-order chi connectivity index (χ0) is 11.7. The first-order valence-electron chi connectivity index (χ1n) is 5.51. The Morgan fingerprint density at radius 3 is 2.71 bits per heavy atom. The van der Waals surface area contributed by atoms with Crippen LogP contribution in [0.4, 0.5) is 0 Å². The van der Waals surface area contributed by atoms with E-state index in [1.165, 1.54) is 0 Å². The third-order valence-corrected chi connectivity index (χ3v) is 2.78. The van der Waals surface area contributed by atoms with Crippen LogP contribution in [0.15, 0.2) is 48.5 Å². The van der Waals surface area contributed by atoms with Gasteiger partial charge in [0.05, 0.1) is 12.1 Å². The Labute approximate surface area is 99.8 Å². The molecule has 0 amide bonds. The van der Waals surface area contributed by atoms with Crippen LogP contribution in [0.3, 0.4) is 0 Å². The average molecular weight is 227 g/mol. The molecule has 2 aromatic carbocycles. The number of ether oxygens (including phenoxy) is 1. The molecule has 1 heterocycles. The Morgan fingerprint density at radius 1 is 1.06 bits per heavy atom. The lowest BCUT2D eigenvalue weighted by atomic mass is 9.80. The van der Waals surface area contributed by atoms with E-state index in [9.17, 15) is 0 Å². The van der Waals surface area contributed by atoms with Crippen molar-refractivity contribution >= 4 is 12.6 Å². The van der Waals surface area contributed by atoms with E-state index in [0.29, 0.717) is 6.61 Å². The molecule has 1 aliphatic heterocycles. The van der Waals surface area contributed by atoms with Crippen LogP contribution in [-0.4, -0.2) is 12.1 Å². The van der Waals surface area contributed by atoms with Crippen LogP contribution >= 0.6 is 0 Å². The van der Waals surface area contributed by atoms with Crippen molar-refractivity contribution in [1.82, 2.24) is 0 Å². The number of hydrogen-bond donors (Lipinski definition) is 0. The van der Waals surface area contributed by atoms with Crippen molar-refractivity contribution < 1.29 is 14.4 Å². The van der Waals surface area contributed by atoms with Crippen molar-refractivity contribution in [2.45, 2.75) is 6.61 Å². The Hall–Kier alpha value is -1.78. The summed E-state index contributed by atoms with van der Waals surface area (Å²) in [6, 6.07) is 15.4. The molecule has 0 fully saturated rings. The molecule has 0 spiro atoms. The summed E-state index contributed by atoms with van der Waals surface area (Å²) in [6.45, 7) is 0.496. The highest BCUT2D eigenvalue weighted by molar-refractivity contribution is 6.61. The van der Waals surface area contributed by atoms with Gasteiger partial charge in [0, 0.05) is 0 Å². The monoisotopic (exact) mass is 227 g/mol. The van der Waals surface area contributed by atoms with Crippen molar-refractivity contribution in [3.8, 4) is 11.5 Å². The van der Waals surface area contributed by atoms with Crippen molar-refractivity contribution in [1.29, 1.82) is 0 Å². The summed E-state index contributed by atoms with van der Waals surface area (Å²) in [4.78, 5) is 0.